The number of likely N-dealkylation sites (tertiary alicyclic amines) is 2. The van der Waals surface area contributed by atoms with Gasteiger partial charge in [-0.05, 0) is 50.2 Å². The molecule has 2 fully saturated rings. The number of carboxylic acids is 2. The third-order valence-electron chi connectivity index (χ3n) is 4.50. The lowest BCUT2D eigenvalue weighted by atomic mass is 9.95. The van der Waals surface area contributed by atoms with Gasteiger partial charge in [0.2, 0.25) is 5.91 Å². The number of nitrogens with zero attached hydrogens (tertiary/aromatic N) is 2. The van der Waals surface area contributed by atoms with Crippen LogP contribution < -0.4 is 0 Å². The number of aliphatic carboxylic acids is 2. The van der Waals surface area contributed by atoms with Crippen LogP contribution in [0.15, 0.2) is 17.5 Å². The summed E-state index contributed by atoms with van der Waals surface area (Å²) in [5.41, 5.74) is 0. The molecule has 0 spiro atoms. The summed E-state index contributed by atoms with van der Waals surface area (Å²) in [6, 6.07) is 4.32. The standard InChI is InChI=1S/C15H22N2OS.C2H2O4/c18-15(17-7-1-2-8-17)13-5-9-16(10-6-13)12-14-4-3-11-19-14;3-1(4)2(5)6/h3-4,11,13H,1-2,5-10,12H2;(H,3,4)(H,5,6). The Morgan fingerprint density at radius 1 is 1.04 bits per heavy atom. The van der Waals surface area contributed by atoms with Crippen LogP contribution in [0.3, 0.4) is 0 Å². The molecule has 1 aromatic rings. The van der Waals surface area contributed by atoms with E-state index in [1.807, 2.05) is 11.3 Å². The van der Waals surface area contributed by atoms with Crippen molar-refractivity contribution in [1.82, 2.24) is 9.80 Å². The molecule has 0 saturated carbocycles. The van der Waals surface area contributed by atoms with Gasteiger partial charge < -0.3 is 15.1 Å². The summed E-state index contributed by atoms with van der Waals surface area (Å²) < 4.78 is 0. The molecule has 3 heterocycles. The van der Waals surface area contributed by atoms with Gasteiger partial charge in [0, 0.05) is 30.4 Å². The van der Waals surface area contributed by atoms with Gasteiger partial charge in [0.15, 0.2) is 0 Å². The van der Waals surface area contributed by atoms with E-state index in [0.717, 1.165) is 45.6 Å². The second-order valence-electron chi connectivity index (χ2n) is 6.27. The predicted octanol–water partition coefficient (Wildman–Crippen LogP) is 1.74. The molecule has 7 nitrogen and oxygen atoms in total. The third kappa shape index (κ3) is 6.13. The fourth-order valence-corrected chi connectivity index (χ4v) is 3.90. The Bertz CT molecular complexity index is 564. The number of carbonyl (C=O) groups excluding carboxylic acids is 1. The summed E-state index contributed by atoms with van der Waals surface area (Å²) >= 11 is 1.83. The fourth-order valence-electron chi connectivity index (χ4n) is 3.16. The highest BCUT2D eigenvalue weighted by Gasteiger charge is 2.29. The Kier molecular flexibility index (Phi) is 7.39. The zero-order chi connectivity index (χ0) is 18.2. The molecule has 25 heavy (non-hydrogen) atoms. The lowest BCUT2D eigenvalue weighted by molar-refractivity contribution is -0.159. The first-order valence-electron chi connectivity index (χ1n) is 8.47. The Balaban J connectivity index is 0.000000326. The van der Waals surface area contributed by atoms with E-state index in [-0.39, 0.29) is 5.92 Å². The Morgan fingerprint density at radius 2 is 1.64 bits per heavy atom. The van der Waals surface area contributed by atoms with E-state index in [1.54, 1.807) is 0 Å². The summed E-state index contributed by atoms with van der Waals surface area (Å²) in [6.07, 6.45) is 4.48. The van der Waals surface area contributed by atoms with E-state index >= 15 is 0 Å². The van der Waals surface area contributed by atoms with E-state index in [1.165, 1.54) is 17.7 Å². The van der Waals surface area contributed by atoms with Crippen molar-refractivity contribution in [3.8, 4) is 0 Å². The third-order valence-corrected chi connectivity index (χ3v) is 5.36. The number of thiophene rings is 1. The number of piperidine rings is 1. The molecule has 1 amide bonds. The molecule has 2 N–H and O–H groups in total. The highest BCUT2D eigenvalue weighted by Crippen LogP contribution is 2.23. The van der Waals surface area contributed by atoms with Gasteiger partial charge >= 0.3 is 11.9 Å². The first-order chi connectivity index (χ1) is 12.0. The molecule has 2 aliphatic heterocycles. The second-order valence-corrected chi connectivity index (χ2v) is 7.30. The minimum absolute atomic E-state index is 0.290. The van der Waals surface area contributed by atoms with Gasteiger partial charge in [-0.3, -0.25) is 9.69 Å². The van der Waals surface area contributed by atoms with Gasteiger partial charge in [-0.1, -0.05) is 6.07 Å². The average Bonchev–Trinajstić information content (AvgIpc) is 3.29. The van der Waals surface area contributed by atoms with Crippen molar-refractivity contribution in [2.45, 2.75) is 32.2 Å². The number of rotatable bonds is 3. The monoisotopic (exact) mass is 368 g/mol. The number of hydrogen-bond donors (Lipinski definition) is 2. The number of carbonyl (C=O) groups is 3. The second kappa shape index (κ2) is 9.53. The molecule has 2 saturated heterocycles. The van der Waals surface area contributed by atoms with Crippen LogP contribution in [0, 0.1) is 5.92 Å². The van der Waals surface area contributed by atoms with Crippen LogP contribution in [-0.4, -0.2) is 64.0 Å². The molecule has 0 aromatic carbocycles. The number of carboxylic acid groups (broad SMARTS) is 2. The van der Waals surface area contributed by atoms with Crippen molar-refractivity contribution in [3.05, 3.63) is 22.4 Å². The molecule has 0 bridgehead atoms. The van der Waals surface area contributed by atoms with Gasteiger partial charge in [0.1, 0.15) is 0 Å². The minimum Gasteiger partial charge on any atom is -0.473 e. The fraction of sp³-hybridized carbons (Fsp3) is 0.588. The van der Waals surface area contributed by atoms with E-state index < -0.39 is 11.9 Å². The van der Waals surface area contributed by atoms with Crippen molar-refractivity contribution < 1.29 is 24.6 Å². The summed E-state index contributed by atoms with van der Waals surface area (Å²) in [4.78, 5) is 36.5. The van der Waals surface area contributed by atoms with Crippen LogP contribution in [-0.2, 0) is 20.9 Å². The van der Waals surface area contributed by atoms with Crippen molar-refractivity contribution >= 4 is 29.2 Å². The van der Waals surface area contributed by atoms with Crippen molar-refractivity contribution in [2.24, 2.45) is 5.92 Å². The predicted molar refractivity (Wildman–Crippen MR) is 93.4 cm³/mol. The topological polar surface area (TPSA) is 98.2 Å². The molecule has 0 aliphatic carbocycles. The molecule has 0 unspecified atom stereocenters. The summed E-state index contributed by atoms with van der Waals surface area (Å²) in [5, 5.41) is 16.9. The van der Waals surface area contributed by atoms with Gasteiger partial charge in [0.05, 0.1) is 0 Å². The zero-order valence-corrected chi connectivity index (χ0v) is 14.9. The maximum Gasteiger partial charge on any atom is 0.414 e. The van der Waals surface area contributed by atoms with E-state index in [2.05, 4.69) is 27.3 Å². The lowest BCUT2D eigenvalue weighted by Crippen LogP contribution is -2.41. The van der Waals surface area contributed by atoms with Crippen molar-refractivity contribution in [1.29, 1.82) is 0 Å². The highest BCUT2D eigenvalue weighted by molar-refractivity contribution is 7.09. The first kappa shape index (κ1) is 19.4. The molecular formula is C17H24N2O5S. The molecule has 138 valence electrons. The van der Waals surface area contributed by atoms with Crippen LogP contribution in [0.4, 0.5) is 0 Å². The SMILES string of the molecule is O=C(C1CCN(Cc2cccs2)CC1)N1CCCC1.O=C(O)C(=O)O. The number of amides is 1. The van der Waals surface area contributed by atoms with E-state index in [9.17, 15) is 4.79 Å². The average molecular weight is 368 g/mol. The molecule has 0 atom stereocenters. The molecule has 0 radical (unpaired) electrons. The molecular weight excluding hydrogens is 344 g/mol. The summed E-state index contributed by atoms with van der Waals surface area (Å²) in [6.45, 7) is 5.19. The molecule has 1 aromatic heterocycles. The molecule has 3 rings (SSSR count). The first-order valence-corrected chi connectivity index (χ1v) is 9.35. The quantitative estimate of drug-likeness (QED) is 0.789. The van der Waals surface area contributed by atoms with Crippen LogP contribution in [0.2, 0.25) is 0 Å². The van der Waals surface area contributed by atoms with Crippen LogP contribution in [0.5, 0.6) is 0 Å². The number of hydrogen-bond acceptors (Lipinski definition) is 5. The summed E-state index contributed by atoms with van der Waals surface area (Å²) in [5.74, 6) is -2.93. The normalized spacial score (nSPS) is 18.5. The van der Waals surface area contributed by atoms with Crippen LogP contribution in [0.1, 0.15) is 30.6 Å². The van der Waals surface area contributed by atoms with E-state index in [0.29, 0.717) is 5.91 Å². The van der Waals surface area contributed by atoms with E-state index in [4.69, 9.17) is 19.8 Å². The maximum atomic E-state index is 12.3. The Morgan fingerprint density at radius 3 is 2.12 bits per heavy atom. The highest BCUT2D eigenvalue weighted by atomic mass is 32.1. The smallest absolute Gasteiger partial charge is 0.414 e. The minimum atomic E-state index is -1.82. The zero-order valence-electron chi connectivity index (χ0n) is 14.1. The lowest BCUT2D eigenvalue weighted by Gasteiger charge is -2.32. The van der Waals surface area contributed by atoms with Gasteiger partial charge in [-0.2, -0.15) is 0 Å². The van der Waals surface area contributed by atoms with Crippen LogP contribution in [0.25, 0.3) is 0 Å². The van der Waals surface area contributed by atoms with Gasteiger partial charge in [0.25, 0.3) is 0 Å². The van der Waals surface area contributed by atoms with Crippen molar-refractivity contribution in [2.75, 3.05) is 26.2 Å². The molecule has 8 heteroatoms. The van der Waals surface area contributed by atoms with Gasteiger partial charge in [-0.25, -0.2) is 9.59 Å². The maximum absolute atomic E-state index is 12.3. The van der Waals surface area contributed by atoms with Gasteiger partial charge in [-0.15, -0.1) is 11.3 Å². The Hall–Kier alpha value is -1.93. The molecule has 2 aliphatic rings. The largest absolute Gasteiger partial charge is 0.473 e. The van der Waals surface area contributed by atoms with Crippen LogP contribution >= 0.6 is 11.3 Å². The van der Waals surface area contributed by atoms with Crippen molar-refractivity contribution in [3.63, 3.8) is 0 Å². The summed E-state index contributed by atoms with van der Waals surface area (Å²) in [7, 11) is 0. The Labute approximate surface area is 150 Å².